The first kappa shape index (κ1) is 13.0. The van der Waals surface area contributed by atoms with E-state index in [1.807, 2.05) is 11.8 Å². The molecule has 1 N–H and O–H groups in total. The van der Waals surface area contributed by atoms with E-state index in [-0.39, 0.29) is 0 Å². The van der Waals surface area contributed by atoms with Crippen LogP contribution in [0.1, 0.15) is 30.6 Å². The topological polar surface area (TPSA) is 24.4 Å². The maximum atomic E-state index is 4.73. The number of amidine groups is 1. The number of hydrogen-bond acceptors (Lipinski definition) is 3. The predicted octanol–water partition coefficient (Wildman–Crippen LogP) is 4.26. The molecule has 1 aromatic rings. The number of thioether (sulfide) groups is 1. The molecule has 3 rings (SSSR count). The van der Waals surface area contributed by atoms with Gasteiger partial charge in [-0.1, -0.05) is 24.6 Å². The fourth-order valence-electron chi connectivity index (χ4n) is 2.66. The number of rotatable bonds is 2. The van der Waals surface area contributed by atoms with Crippen LogP contribution in [-0.4, -0.2) is 17.0 Å². The SMILES string of the molecule is Brc1ccsc1CN=C1NC2CCCCC2CS1. The Morgan fingerprint density at radius 3 is 3.11 bits per heavy atom. The minimum atomic E-state index is 0.686. The summed E-state index contributed by atoms with van der Waals surface area (Å²) in [6.07, 6.45) is 5.52. The summed E-state index contributed by atoms with van der Waals surface area (Å²) >= 11 is 7.24. The molecule has 2 fully saturated rings. The summed E-state index contributed by atoms with van der Waals surface area (Å²) in [4.78, 5) is 6.04. The molecule has 2 nitrogen and oxygen atoms in total. The van der Waals surface area contributed by atoms with E-state index in [4.69, 9.17) is 4.99 Å². The van der Waals surface area contributed by atoms with Crippen LogP contribution in [0.3, 0.4) is 0 Å². The van der Waals surface area contributed by atoms with Gasteiger partial charge in [-0.05, 0) is 46.1 Å². The molecule has 0 amide bonds. The summed E-state index contributed by atoms with van der Waals surface area (Å²) in [5.41, 5.74) is 0. The van der Waals surface area contributed by atoms with Crippen molar-refractivity contribution in [1.82, 2.24) is 5.32 Å². The number of aliphatic imine (C=N–C) groups is 1. The molecule has 1 saturated heterocycles. The van der Waals surface area contributed by atoms with Gasteiger partial charge in [-0.25, -0.2) is 0 Å². The van der Waals surface area contributed by atoms with E-state index in [0.717, 1.165) is 17.6 Å². The second kappa shape index (κ2) is 5.97. The van der Waals surface area contributed by atoms with Crippen molar-refractivity contribution in [2.75, 3.05) is 5.75 Å². The van der Waals surface area contributed by atoms with E-state index in [1.54, 1.807) is 11.3 Å². The molecule has 2 heterocycles. The highest BCUT2D eigenvalue weighted by molar-refractivity contribution is 9.10. The van der Waals surface area contributed by atoms with Crippen molar-refractivity contribution in [3.8, 4) is 0 Å². The normalized spacial score (nSPS) is 29.9. The third-order valence-corrected chi connectivity index (χ3v) is 6.74. The zero-order chi connectivity index (χ0) is 12.4. The van der Waals surface area contributed by atoms with Gasteiger partial charge in [0.25, 0.3) is 0 Å². The van der Waals surface area contributed by atoms with E-state index in [1.165, 1.54) is 40.8 Å². The Morgan fingerprint density at radius 2 is 2.28 bits per heavy atom. The molecule has 2 aliphatic rings. The minimum absolute atomic E-state index is 0.686. The minimum Gasteiger partial charge on any atom is -0.362 e. The van der Waals surface area contributed by atoms with Gasteiger partial charge in [0, 0.05) is 21.1 Å². The smallest absolute Gasteiger partial charge is 0.157 e. The zero-order valence-electron chi connectivity index (χ0n) is 10.2. The van der Waals surface area contributed by atoms with E-state index in [9.17, 15) is 0 Å². The lowest BCUT2D eigenvalue weighted by Crippen LogP contribution is -2.46. The van der Waals surface area contributed by atoms with Gasteiger partial charge < -0.3 is 5.32 Å². The first-order chi connectivity index (χ1) is 8.83. The number of nitrogens with one attached hydrogen (secondary N) is 1. The number of hydrogen-bond donors (Lipinski definition) is 1. The Bertz CT molecular complexity index is 444. The van der Waals surface area contributed by atoms with Crippen LogP contribution in [0.5, 0.6) is 0 Å². The van der Waals surface area contributed by atoms with Crippen molar-refractivity contribution in [1.29, 1.82) is 0 Å². The standard InChI is InChI=1S/C13H17BrN2S2/c14-10-5-6-17-12(10)7-15-13-16-11-4-2-1-3-9(11)8-18-13/h5-6,9,11H,1-4,7-8H2,(H,15,16). The summed E-state index contributed by atoms with van der Waals surface area (Å²) in [6.45, 7) is 0.797. The third kappa shape index (κ3) is 2.94. The molecule has 2 unspecified atom stereocenters. The van der Waals surface area contributed by atoms with Gasteiger partial charge in [0.1, 0.15) is 0 Å². The van der Waals surface area contributed by atoms with Crippen LogP contribution >= 0.6 is 39.0 Å². The molecule has 98 valence electrons. The molecule has 2 atom stereocenters. The summed E-state index contributed by atoms with van der Waals surface area (Å²) in [5, 5.41) is 6.90. The molecule has 0 bridgehead atoms. The van der Waals surface area contributed by atoms with Gasteiger partial charge in [0.2, 0.25) is 0 Å². The lowest BCUT2D eigenvalue weighted by Gasteiger charge is -2.36. The van der Waals surface area contributed by atoms with Crippen molar-refractivity contribution in [2.45, 2.75) is 38.3 Å². The maximum Gasteiger partial charge on any atom is 0.157 e. The highest BCUT2D eigenvalue weighted by Crippen LogP contribution is 2.32. The van der Waals surface area contributed by atoms with Crippen LogP contribution in [0.25, 0.3) is 0 Å². The van der Waals surface area contributed by atoms with Gasteiger partial charge in [-0.3, -0.25) is 4.99 Å². The second-order valence-corrected chi connectivity index (χ2v) is 7.78. The largest absolute Gasteiger partial charge is 0.362 e. The van der Waals surface area contributed by atoms with Crippen molar-refractivity contribution in [3.63, 3.8) is 0 Å². The summed E-state index contributed by atoms with van der Waals surface area (Å²) < 4.78 is 1.19. The van der Waals surface area contributed by atoms with Gasteiger partial charge in [-0.15, -0.1) is 11.3 Å². The van der Waals surface area contributed by atoms with Crippen LogP contribution in [0.2, 0.25) is 0 Å². The van der Waals surface area contributed by atoms with Gasteiger partial charge >= 0.3 is 0 Å². The highest BCUT2D eigenvalue weighted by Gasteiger charge is 2.30. The molecular formula is C13H17BrN2S2. The fraction of sp³-hybridized carbons (Fsp3) is 0.615. The van der Waals surface area contributed by atoms with Crippen LogP contribution in [-0.2, 0) is 6.54 Å². The number of thiophene rings is 1. The Labute approximate surface area is 125 Å². The second-order valence-electron chi connectivity index (χ2n) is 4.92. The van der Waals surface area contributed by atoms with Gasteiger partial charge in [0.15, 0.2) is 5.17 Å². The van der Waals surface area contributed by atoms with Gasteiger partial charge in [0.05, 0.1) is 6.54 Å². The number of fused-ring (bicyclic) bond motifs is 1. The molecule has 1 aliphatic heterocycles. The first-order valence-corrected chi connectivity index (χ1v) is 9.14. The molecule has 1 aromatic heterocycles. The van der Waals surface area contributed by atoms with E-state index in [2.05, 4.69) is 32.7 Å². The van der Waals surface area contributed by atoms with Crippen LogP contribution < -0.4 is 5.32 Å². The van der Waals surface area contributed by atoms with E-state index >= 15 is 0 Å². The van der Waals surface area contributed by atoms with Gasteiger partial charge in [-0.2, -0.15) is 0 Å². The van der Waals surface area contributed by atoms with Crippen LogP contribution in [0.4, 0.5) is 0 Å². The molecule has 0 radical (unpaired) electrons. The van der Waals surface area contributed by atoms with E-state index < -0.39 is 0 Å². The highest BCUT2D eigenvalue weighted by atomic mass is 79.9. The molecule has 1 saturated carbocycles. The quantitative estimate of drug-likeness (QED) is 0.866. The predicted molar refractivity (Wildman–Crippen MR) is 84.5 cm³/mol. The van der Waals surface area contributed by atoms with Crippen molar-refractivity contribution in [2.24, 2.45) is 10.9 Å². The molecule has 1 aliphatic carbocycles. The monoisotopic (exact) mass is 344 g/mol. The number of nitrogens with zero attached hydrogens (tertiary/aromatic N) is 1. The lowest BCUT2D eigenvalue weighted by atomic mass is 9.86. The first-order valence-electron chi connectivity index (χ1n) is 6.48. The summed E-state index contributed by atoms with van der Waals surface area (Å²) in [7, 11) is 0. The van der Waals surface area contributed by atoms with Crippen molar-refractivity contribution >= 4 is 44.2 Å². The molecule has 5 heteroatoms. The molecular weight excluding hydrogens is 328 g/mol. The van der Waals surface area contributed by atoms with Crippen LogP contribution in [0.15, 0.2) is 20.9 Å². The van der Waals surface area contributed by atoms with Crippen LogP contribution in [0, 0.1) is 5.92 Å². The Kier molecular flexibility index (Phi) is 4.31. The fourth-order valence-corrected chi connectivity index (χ4v) is 5.22. The lowest BCUT2D eigenvalue weighted by molar-refractivity contribution is 0.311. The Morgan fingerprint density at radius 1 is 1.39 bits per heavy atom. The summed E-state index contributed by atoms with van der Waals surface area (Å²) in [6, 6.07) is 2.78. The molecule has 18 heavy (non-hydrogen) atoms. The van der Waals surface area contributed by atoms with Crippen molar-refractivity contribution in [3.05, 3.63) is 20.8 Å². The molecule has 0 aromatic carbocycles. The maximum absolute atomic E-state index is 4.73. The molecule has 0 spiro atoms. The average Bonchev–Trinajstić information content (AvgIpc) is 2.82. The van der Waals surface area contributed by atoms with E-state index in [0.29, 0.717) is 6.04 Å². The zero-order valence-corrected chi connectivity index (χ0v) is 13.4. The number of halogens is 1. The average molecular weight is 345 g/mol. The Hall–Kier alpha value is -0.000000000000000111. The van der Waals surface area contributed by atoms with Crippen molar-refractivity contribution < 1.29 is 0 Å². The summed E-state index contributed by atoms with van der Waals surface area (Å²) in [5.74, 6) is 2.12. The third-order valence-electron chi connectivity index (χ3n) is 3.71. The Balaban J connectivity index is 1.61.